The number of benzene rings is 1. The summed E-state index contributed by atoms with van der Waals surface area (Å²) in [7, 11) is 1.53. The molecule has 0 radical (unpaired) electrons. The van der Waals surface area contributed by atoms with Crippen molar-refractivity contribution in [3.8, 4) is 5.75 Å². The van der Waals surface area contributed by atoms with Gasteiger partial charge < -0.3 is 10.1 Å². The minimum absolute atomic E-state index is 0.232. The fourth-order valence-electron chi connectivity index (χ4n) is 1.70. The quantitative estimate of drug-likeness (QED) is 0.893. The maximum atomic E-state index is 13.6. The van der Waals surface area contributed by atoms with Crippen LogP contribution in [0.5, 0.6) is 5.75 Å². The van der Waals surface area contributed by atoms with Gasteiger partial charge in [0, 0.05) is 34.5 Å². The van der Waals surface area contributed by atoms with Gasteiger partial charge in [-0.15, -0.1) is 11.3 Å². The molecule has 0 aliphatic carbocycles. The summed E-state index contributed by atoms with van der Waals surface area (Å²) >= 11 is 1.76. The van der Waals surface area contributed by atoms with Crippen molar-refractivity contribution < 1.29 is 9.13 Å². The summed E-state index contributed by atoms with van der Waals surface area (Å²) in [6.07, 6.45) is 0. The van der Waals surface area contributed by atoms with Crippen molar-refractivity contribution in [2.24, 2.45) is 0 Å². The van der Waals surface area contributed by atoms with Gasteiger partial charge in [-0.25, -0.2) is 4.39 Å². The molecule has 0 bridgehead atoms. The number of rotatable bonds is 5. The molecule has 0 amide bonds. The lowest BCUT2D eigenvalue weighted by atomic mass is 10.2. The highest BCUT2D eigenvalue weighted by atomic mass is 32.1. The fourth-order valence-corrected chi connectivity index (χ4v) is 2.56. The SMILES string of the molecule is COc1ccc(CNCc2ccc(C)s2)c(F)c1. The van der Waals surface area contributed by atoms with Crippen LogP contribution >= 0.6 is 11.3 Å². The maximum absolute atomic E-state index is 13.6. The van der Waals surface area contributed by atoms with E-state index in [1.165, 1.54) is 22.9 Å². The molecule has 0 aliphatic heterocycles. The van der Waals surface area contributed by atoms with Gasteiger partial charge in [0.05, 0.1) is 7.11 Å². The van der Waals surface area contributed by atoms with Crippen LogP contribution in [-0.2, 0) is 13.1 Å². The Labute approximate surface area is 110 Å². The molecule has 0 saturated heterocycles. The van der Waals surface area contributed by atoms with E-state index in [4.69, 9.17) is 4.74 Å². The third-order valence-electron chi connectivity index (χ3n) is 2.67. The smallest absolute Gasteiger partial charge is 0.131 e. The zero-order valence-electron chi connectivity index (χ0n) is 10.5. The Kier molecular flexibility index (Phi) is 4.33. The molecule has 18 heavy (non-hydrogen) atoms. The average Bonchev–Trinajstić information content (AvgIpc) is 2.77. The minimum atomic E-state index is -0.232. The molecule has 0 saturated carbocycles. The zero-order chi connectivity index (χ0) is 13.0. The van der Waals surface area contributed by atoms with Crippen LogP contribution in [0.2, 0.25) is 0 Å². The molecule has 96 valence electrons. The van der Waals surface area contributed by atoms with E-state index in [0.29, 0.717) is 17.9 Å². The predicted molar refractivity (Wildman–Crippen MR) is 72.6 cm³/mol. The fraction of sp³-hybridized carbons (Fsp3) is 0.286. The molecule has 0 fully saturated rings. The van der Waals surface area contributed by atoms with Gasteiger partial charge in [-0.05, 0) is 25.1 Å². The second-order valence-electron chi connectivity index (χ2n) is 4.07. The van der Waals surface area contributed by atoms with Crippen molar-refractivity contribution in [3.63, 3.8) is 0 Å². The Hall–Kier alpha value is -1.39. The van der Waals surface area contributed by atoms with Crippen molar-refractivity contribution >= 4 is 11.3 Å². The van der Waals surface area contributed by atoms with Crippen LogP contribution in [0.1, 0.15) is 15.3 Å². The Morgan fingerprint density at radius 3 is 2.67 bits per heavy atom. The van der Waals surface area contributed by atoms with Gasteiger partial charge in [-0.3, -0.25) is 0 Å². The number of aryl methyl sites for hydroxylation is 1. The first kappa shape index (κ1) is 13.1. The van der Waals surface area contributed by atoms with E-state index in [0.717, 1.165) is 6.54 Å². The summed E-state index contributed by atoms with van der Waals surface area (Å²) in [5.74, 6) is 0.314. The summed E-state index contributed by atoms with van der Waals surface area (Å²) in [4.78, 5) is 2.56. The van der Waals surface area contributed by atoms with E-state index in [-0.39, 0.29) is 5.82 Å². The Bertz CT molecular complexity index is 524. The number of halogens is 1. The molecule has 2 rings (SSSR count). The highest BCUT2D eigenvalue weighted by Crippen LogP contribution is 2.17. The summed E-state index contributed by atoms with van der Waals surface area (Å²) in [5, 5.41) is 3.24. The Balaban J connectivity index is 1.90. The molecular formula is C14H16FNOS. The van der Waals surface area contributed by atoms with E-state index < -0.39 is 0 Å². The van der Waals surface area contributed by atoms with E-state index in [9.17, 15) is 4.39 Å². The van der Waals surface area contributed by atoms with E-state index in [1.807, 2.05) is 0 Å². The zero-order valence-corrected chi connectivity index (χ0v) is 11.3. The van der Waals surface area contributed by atoms with Crippen molar-refractivity contribution in [3.05, 3.63) is 51.5 Å². The highest BCUT2D eigenvalue weighted by molar-refractivity contribution is 7.11. The second kappa shape index (κ2) is 5.98. The monoisotopic (exact) mass is 265 g/mol. The van der Waals surface area contributed by atoms with Crippen molar-refractivity contribution in [1.82, 2.24) is 5.32 Å². The van der Waals surface area contributed by atoms with Gasteiger partial charge in [0.1, 0.15) is 11.6 Å². The first-order valence-corrected chi connectivity index (χ1v) is 6.59. The third kappa shape index (κ3) is 3.31. The molecule has 1 N–H and O–H groups in total. The molecule has 0 aliphatic rings. The lowest BCUT2D eigenvalue weighted by Crippen LogP contribution is -2.12. The van der Waals surface area contributed by atoms with Gasteiger partial charge in [-0.2, -0.15) is 0 Å². The molecule has 1 aromatic carbocycles. The molecule has 0 atom stereocenters. The van der Waals surface area contributed by atoms with Crippen LogP contribution in [0.4, 0.5) is 4.39 Å². The first-order valence-electron chi connectivity index (χ1n) is 5.77. The van der Waals surface area contributed by atoms with Crippen LogP contribution in [0.25, 0.3) is 0 Å². The van der Waals surface area contributed by atoms with E-state index in [2.05, 4.69) is 24.4 Å². The van der Waals surface area contributed by atoms with Crippen molar-refractivity contribution in [2.45, 2.75) is 20.0 Å². The van der Waals surface area contributed by atoms with Crippen LogP contribution in [0.3, 0.4) is 0 Å². The summed E-state index contributed by atoms with van der Waals surface area (Å²) in [5.41, 5.74) is 0.657. The maximum Gasteiger partial charge on any atom is 0.131 e. The summed E-state index contributed by atoms with van der Waals surface area (Å²) in [6, 6.07) is 9.12. The van der Waals surface area contributed by atoms with Gasteiger partial charge in [0.15, 0.2) is 0 Å². The summed E-state index contributed by atoms with van der Waals surface area (Å²) < 4.78 is 18.6. The molecule has 2 nitrogen and oxygen atoms in total. The van der Waals surface area contributed by atoms with E-state index >= 15 is 0 Å². The molecule has 1 aromatic heterocycles. The second-order valence-corrected chi connectivity index (χ2v) is 5.45. The van der Waals surface area contributed by atoms with Gasteiger partial charge in [-0.1, -0.05) is 6.07 Å². The number of thiophene rings is 1. The Morgan fingerprint density at radius 2 is 2.06 bits per heavy atom. The standard InChI is InChI=1S/C14H16FNOS/c1-10-3-6-13(18-10)9-16-8-11-4-5-12(17-2)7-14(11)15/h3-7,16H,8-9H2,1-2H3. The van der Waals surface area contributed by atoms with Crippen LogP contribution in [-0.4, -0.2) is 7.11 Å². The van der Waals surface area contributed by atoms with Crippen molar-refractivity contribution in [1.29, 1.82) is 0 Å². The van der Waals surface area contributed by atoms with Crippen molar-refractivity contribution in [2.75, 3.05) is 7.11 Å². The molecular weight excluding hydrogens is 249 g/mol. The molecule has 2 aromatic rings. The van der Waals surface area contributed by atoms with Gasteiger partial charge >= 0.3 is 0 Å². The molecule has 0 spiro atoms. The largest absolute Gasteiger partial charge is 0.497 e. The average molecular weight is 265 g/mol. The van der Waals surface area contributed by atoms with Gasteiger partial charge in [0.25, 0.3) is 0 Å². The number of hydrogen-bond acceptors (Lipinski definition) is 3. The third-order valence-corrected chi connectivity index (χ3v) is 3.67. The number of ether oxygens (including phenoxy) is 1. The molecule has 4 heteroatoms. The van der Waals surface area contributed by atoms with Crippen LogP contribution < -0.4 is 10.1 Å². The lowest BCUT2D eigenvalue weighted by molar-refractivity contribution is 0.410. The van der Waals surface area contributed by atoms with Crippen LogP contribution in [0.15, 0.2) is 30.3 Å². The minimum Gasteiger partial charge on any atom is -0.497 e. The normalized spacial score (nSPS) is 10.6. The predicted octanol–water partition coefficient (Wildman–Crippen LogP) is 3.49. The topological polar surface area (TPSA) is 21.3 Å². The molecule has 0 unspecified atom stereocenters. The van der Waals surface area contributed by atoms with Crippen LogP contribution in [0, 0.1) is 12.7 Å². The molecule has 1 heterocycles. The number of methoxy groups -OCH3 is 1. The highest BCUT2D eigenvalue weighted by Gasteiger charge is 2.04. The van der Waals surface area contributed by atoms with Gasteiger partial charge in [0.2, 0.25) is 0 Å². The lowest BCUT2D eigenvalue weighted by Gasteiger charge is -2.06. The number of nitrogens with one attached hydrogen (secondary N) is 1. The number of hydrogen-bond donors (Lipinski definition) is 1. The summed E-state index contributed by atoms with van der Waals surface area (Å²) in [6.45, 7) is 3.37. The van der Waals surface area contributed by atoms with E-state index in [1.54, 1.807) is 23.5 Å². The Morgan fingerprint density at radius 1 is 1.22 bits per heavy atom. The first-order chi connectivity index (χ1) is 8.69.